The number of hydrogen-bond donors (Lipinski definition) is 3. The zero-order valence-electron chi connectivity index (χ0n) is 12.3. The van der Waals surface area contributed by atoms with Gasteiger partial charge in [0.25, 0.3) is 0 Å². The monoisotopic (exact) mass is 277 g/mol. The zero-order chi connectivity index (χ0) is 15.0. The van der Waals surface area contributed by atoms with Gasteiger partial charge in [0.15, 0.2) is 0 Å². The van der Waals surface area contributed by atoms with E-state index in [0.29, 0.717) is 13.1 Å². The first kappa shape index (κ1) is 16.0. The highest BCUT2D eigenvalue weighted by Gasteiger charge is 2.12. The maximum atomic E-state index is 11.6. The minimum atomic E-state index is -0.324. The van der Waals surface area contributed by atoms with Crippen molar-refractivity contribution in [3.63, 3.8) is 0 Å². The smallest absolute Gasteiger partial charge is 0.315 e. The number of benzene rings is 1. The molecular formula is C15H23N3O2. The fourth-order valence-electron chi connectivity index (χ4n) is 1.43. The number of urea groups is 1. The van der Waals surface area contributed by atoms with Gasteiger partial charge in [0.05, 0.1) is 6.54 Å². The summed E-state index contributed by atoms with van der Waals surface area (Å²) in [5, 5.41) is 8.00. The highest BCUT2D eigenvalue weighted by molar-refractivity contribution is 5.83. The van der Waals surface area contributed by atoms with Crippen LogP contribution in [-0.2, 0) is 11.3 Å². The lowest BCUT2D eigenvalue weighted by molar-refractivity contribution is -0.120. The molecule has 1 aromatic carbocycles. The third-order valence-electron chi connectivity index (χ3n) is 2.52. The topological polar surface area (TPSA) is 70.2 Å². The molecule has 0 aromatic heterocycles. The van der Waals surface area contributed by atoms with Gasteiger partial charge in [-0.15, -0.1) is 0 Å². The minimum absolute atomic E-state index is 0.0207. The third kappa shape index (κ3) is 7.41. The second-order valence-corrected chi connectivity index (χ2v) is 5.86. The Morgan fingerprint density at radius 2 is 1.65 bits per heavy atom. The third-order valence-corrected chi connectivity index (χ3v) is 2.52. The van der Waals surface area contributed by atoms with Crippen LogP contribution in [0.2, 0.25) is 0 Å². The fourth-order valence-corrected chi connectivity index (χ4v) is 1.43. The molecular weight excluding hydrogens is 254 g/mol. The molecule has 3 amide bonds. The van der Waals surface area contributed by atoms with Gasteiger partial charge in [-0.3, -0.25) is 4.79 Å². The number of amides is 3. The minimum Gasteiger partial charge on any atom is -0.350 e. The zero-order valence-corrected chi connectivity index (χ0v) is 12.3. The molecule has 0 radical (unpaired) electrons. The molecule has 0 aliphatic carbocycles. The van der Waals surface area contributed by atoms with Gasteiger partial charge in [0.1, 0.15) is 0 Å². The van der Waals surface area contributed by atoms with E-state index < -0.39 is 0 Å². The number of carbonyl (C=O) groups excluding carboxylic acids is 2. The van der Waals surface area contributed by atoms with Gasteiger partial charge in [-0.1, -0.05) is 51.1 Å². The van der Waals surface area contributed by atoms with Crippen LogP contribution in [0.5, 0.6) is 0 Å². The van der Waals surface area contributed by atoms with Crippen LogP contribution in [-0.4, -0.2) is 25.0 Å². The molecule has 0 atom stereocenters. The predicted molar refractivity (Wildman–Crippen MR) is 79.1 cm³/mol. The average Bonchev–Trinajstić information content (AvgIpc) is 2.41. The van der Waals surface area contributed by atoms with E-state index in [1.54, 1.807) is 0 Å². The SMILES string of the molecule is CC(C)(C)CNC(=O)NCC(=O)NCc1ccccc1. The summed E-state index contributed by atoms with van der Waals surface area (Å²) in [6.07, 6.45) is 0. The standard InChI is InChI=1S/C15H23N3O2/c1-15(2,3)11-18-14(20)17-10-13(19)16-9-12-7-5-4-6-8-12/h4-8H,9-11H2,1-3H3,(H,16,19)(H2,17,18,20). The first-order chi connectivity index (χ1) is 9.37. The van der Waals surface area contributed by atoms with E-state index in [-0.39, 0.29) is 23.9 Å². The Balaban J connectivity index is 2.18. The van der Waals surface area contributed by atoms with E-state index in [1.165, 1.54) is 0 Å². The van der Waals surface area contributed by atoms with E-state index in [2.05, 4.69) is 16.0 Å². The molecule has 1 rings (SSSR count). The molecule has 5 nitrogen and oxygen atoms in total. The predicted octanol–water partition coefficient (Wildman–Crippen LogP) is 1.65. The van der Waals surface area contributed by atoms with Crippen molar-refractivity contribution in [1.82, 2.24) is 16.0 Å². The Hall–Kier alpha value is -2.04. The summed E-state index contributed by atoms with van der Waals surface area (Å²) in [7, 11) is 0. The van der Waals surface area contributed by atoms with Gasteiger partial charge < -0.3 is 16.0 Å². The van der Waals surface area contributed by atoms with Gasteiger partial charge in [-0.05, 0) is 11.0 Å². The van der Waals surface area contributed by atoms with Crippen molar-refractivity contribution in [2.45, 2.75) is 27.3 Å². The van der Waals surface area contributed by atoms with Crippen molar-refractivity contribution >= 4 is 11.9 Å². The first-order valence-corrected chi connectivity index (χ1v) is 6.69. The summed E-state index contributed by atoms with van der Waals surface area (Å²) >= 11 is 0. The average molecular weight is 277 g/mol. The molecule has 0 unspecified atom stereocenters. The maximum absolute atomic E-state index is 11.6. The van der Waals surface area contributed by atoms with Gasteiger partial charge in [-0.25, -0.2) is 4.79 Å². The molecule has 110 valence electrons. The lowest BCUT2D eigenvalue weighted by Gasteiger charge is -2.18. The van der Waals surface area contributed by atoms with Gasteiger partial charge in [-0.2, -0.15) is 0 Å². The van der Waals surface area contributed by atoms with Crippen molar-refractivity contribution < 1.29 is 9.59 Å². The molecule has 0 bridgehead atoms. The Morgan fingerprint density at radius 3 is 2.25 bits per heavy atom. The van der Waals surface area contributed by atoms with E-state index >= 15 is 0 Å². The summed E-state index contributed by atoms with van der Waals surface area (Å²) < 4.78 is 0. The van der Waals surface area contributed by atoms with Crippen LogP contribution in [0, 0.1) is 5.41 Å². The van der Waals surface area contributed by atoms with Crippen LogP contribution in [0.1, 0.15) is 26.3 Å². The summed E-state index contributed by atoms with van der Waals surface area (Å²) in [5.41, 5.74) is 1.05. The molecule has 0 spiro atoms. The lowest BCUT2D eigenvalue weighted by Crippen LogP contribution is -2.44. The first-order valence-electron chi connectivity index (χ1n) is 6.69. The Labute approximate surface area is 120 Å². The van der Waals surface area contributed by atoms with E-state index in [4.69, 9.17) is 0 Å². The number of nitrogens with one attached hydrogen (secondary N) is 3. The molecule has 0 heterocycles. The molecule has 0 aliphatic heterocycles. The summed E-state index contributed by atoms with van der Waals surface area (Å²) in [6.45, 7) is 7.08. The highest BCUT2D eigenvalue weighted by atomic mass is 16.2. The summed E-state index contributed by atoms with van der Waals surface area (Å²) in [4.78, 5) is 23.0. The molecule has 0 fully saturated rings. The molecule has 1 aromatic rings. The van der Waals surface area contributed by atoms with Gasteiger partial charge in [0, 0.05) is 13.1 Å². The van der Waals surface area contributed by atoms with Gasteiger partial charge in [0.2, 0.25) is 5.91 Å². The largest absolute Gasteiger partial charge is 0.350 e. The quantitative estimate of drug-likeness (QED) is 0.766. The van der Waals surface area contributed by atoms with Crippen LogP contribution >= 0.6 is 0 Å². The number of hydrogen-bond acceptors (Lipinski definition) is 2. The normalized spacial score (nSPS) is 10.8. The number of rotatable bonds is 5. The summed E-state index contributed by atoms with van der Waals surface area (Å²) in [5.74, 6) is -0.209. The van der Waals surface area contributed by atoms with E-state index in [9.17, 15) is 9.59 Å². The number of carbonyl (C=O) groups is 2. The summed E-state index contributed by atoms with van der Waals surface area (Å²) in [6, 6.07) is 9.30. The molecule has 0 aliphatic rings. The Bertz CT molecular complexity index is 438. The lowest BCUT2D eigenvalue weighted by atomic mass is 9.97. The molecule has 0 saturated heterocycles. The van der Waals surface area contributed by atoms with E-state index in [1.807, 2.05) is 51.1 Å². The second-order valence-electron chi connectivity index (χ2n) is 5.86. The van der Waals surface area contributed by atoms with Crippen LogP contribution < -0.4 is 16.0 Å². The maximum Gasteiger partial charge on any atom is 0.315 e. The molecule has 20 heavy (non-hydrogen) atoms. The van der Waals surface area contributed by atoms with Crippen LogP contribution in [0.3, 0.4) is 0 Å². The van der Waals surface area contributed by atoms with Gasteiger partial charge >= 0.3 is 6.03 Å². The highest BCUT2D eigenvalue weighted by Crippen LogP contribution is 2.09. The van der Waals surface area contributed by atoms with Crippen molar-refractivity contribution in [1.29, 1.82) is 0 Å². The van der Waals surface area contributed by atoms with Crippen molar-refractivity contribution in [2.24, 2.45) is 5.41 Å². The van der Waals surface area contributed by atoms with E-state index in [0.717, 1.165) is 5.56 Å². The Kier molecular flexibility index (Phi) is 6.03. The van der Waals surface area contributed by atoms with Crippen molar-refractivity contribution in [3.05, 3.63) is 35.9 Å². The van der Waals surface area contributed by atoms with Crippen molar-refractivity contribution in [3.8, 4) is 0 Å². The van der Waals surface area contributed by atoms with Crippen LogP contribution in [0.4, 0.5) is 4.79 Å². The van der Waals surface area contributed by atoms with Crippen LogP contribution in [0.15, 0.2) is 30.3 Å². The Morgan fingerprint density at radius 1 is 1.00 bits per heavy atom. The molecule has 3 N–H and O–H groups in total. The van der Waals surface area contributed by atoms with Crippen molar-refractivity contribution in [2.75, 3.05) is 13.1 Å². The second kappa shape index (κ2) is 7.53. The molecule has 5 heteroatoms. The van der Waals surface area contributed by atoms with Crippen LogP contribution in [0.25, 0.3) is 0 Å². The molecule has 0 saturated carbocycles. The fraction of sp³-hybridized carbons (Fsp3) is 0.467.